The van der Waals surface area contributed by atoms with Gasteiger partial charge < -0.3 is 9.84 Å². The van der Waals surface area contributed by atoms with E-state index < -0.39 is 5.97 Å². The molecule has 0 bridgehead atoms. The summed E-state index contributed by atoms with van der Waals surface area (Å²) in [6.07, 6.45) is 5.99. The smallest absolute Gasteiger partial charge is 0.305 e. The maximum Gasteiger partial charge on any atom is 0.305 e. The Kier molecular flexibility index (Phi) is 4.62. The van der Waals surface area contributed by atoms with Gasteiger partial charge in [-0.25, -0.2) is 0 Å². The minimum Gasteiger partial charge on any atom is -0.481 e. The van der Waals surface area contributed by atoms with Gasteiger partial charge >= 0.3 is 5.97 Å². The third-order valence-corrected chi connectivity index (χ3v) is 4.66. The molecule has 2 atom stereocenters. The van der Waals surface area contributed by atoms with Gasteiger partial charge in [-0.05, 0) is 18.8 Å². The summed E-state index contributed by atoms with van der Waals surface area (Å²) in [5.41, 5.74) is -0.103. The Labute approximate surface area is 109 Å². The van der Waals surface area contributed by atoms with Crippen molar-refractivity contribution >= 4 is 5.97 Å². The van der Waals surface area contributed by atoms with E-state index in [-0.39, 0.29) is 5.54 Å². The number of nitrogens with zero attached hydrogens (tertiary/aromatic N) is 1. The number of carbonyl (C=O) groups is 1. The van der Waals surface area contributed by atoms with Gasteiger partial charge in [0.2, 0.25) is 0 Å². The Morgan fingerprint density at radius 2 is 2.17 bits per heavy atom. The van der Waals surface area contributed by atoms with Crippen LogP contribution >= 0.6 is 0 Å². The molecule has 0 radical (unpaired) electrons. The lowest BCUT2D eigenvalue weighted by molar-refractivity contribution is -0.143. The molecule has 1 N–H and O–H groups in total. The van der Waals surface area contributed by atoms with Crippen LogP contribution in [0.5, 0.6) is 0 Å². The maximum atomic E-state index is 11.3. The van der Waals surface area contributed by atoms with E-state index in [4.69, 9.17) is 4.74 Å². The Morgan fingerprint density at radius 1 is 1.44 bits per heavy atom. The van der Waals surface area contributed by atoms with Crippen molar-refractivity contribution in [3.8, 4) is 0 Å². The summed E-state index contributed by atoms with van der Waals surface area (Å²) >= 11 is 0. The highest BCUT2D eigenvalue weighted by atomic mass is 16.5. The number of morpholine rings is 1. The number of carboxylic acid groups (broad SMARTS) is 1. The molecule has 2 fully saturated rings. The summed E-state index contributed by atoms with van der Waals surface area (Å²) in [4.78, 5) is 13.6. The molecule has 0 aromatic rings. The van der Waals surface area contributed by atoms with Crippen LogP contribution in [0, 0.1) is 5.92 Å². The van der Waals surface area contributed by atoms with Gasteiger partial charge in [-0.2, -0.15) is 0 Å². The van der Waals surface area contributed by atoms with E-state index in [1.165, 1.54) is 19.3 Å². The van der Waals surface area contributed by atoms with Crippen molar-refractivity contribution in [1.29, 1.82) is 0 Å². The zero-order valence-corrected chi connectivity index (χ0v) is 11.4. The first kappa shape index (κ1) is 13.8. The lowest BCUT2D eigenvalue weighted by Crippen LogP contribution is -2.56. The van der Waals surface area contributed by atoms with Crippen LogP contribution in [-0.2, 0) is 9.53 Å². The van der Waals surface area contributed by atoms with E-state index in [0.29, 0.717) is 12.3 Å². The van der Waals surface area contributed by atoms with Crippen LogP contribution < -0.4 is 0 Å². The zero-order valence-electron chi connectivity index (χ0n) is 11.4. The van der Waals surface area contributed by atoms with Crippen molar-refractivity contribution < 1.29 is 14.6 Å². The predicted molar refractivity (Wildman–Crippen MR) is 69.6 cm³/mol. The summed E-state index contributed by atoms with van der Waals surface area (Å²) < 4.78 is 5.40. The minimum atomic E-state index is -0.654. The second-order valence-electron chi connectivity index (χ2n) is 5.76. The van der Waals surface area contributed by atoms with E-state index in [2.05, 4.69) is 11.8 Å². The molecule has 1 saturated carbocycles. The fourth-order valence-electron chi connectivity index (χ4n) is 3.69. The molecule has 4 heteroatoms. The average Bonchev–Trinajstić information content (AvgIpc) is 2.39. The molecule has 0 aromatic carbocycles. The molecule has 104 valence electrons. The van der Waals surface area contributed by atoms with Gasteiger partial charge in [-0.3, -0.25) is 9.69 Å². The summed E-state index contributed by atoms with van der Waals surface area (Å²) in [6, 6.07) is 0. The molecule has 4 nitrogen and oxygen atoms in total. The lowest BCUT2D eigenvalue weighted by Gasteiger charge is -2.49. The second kappa shape index (κ2) is 6.02. The van der Waals surface area contributed by atoms with Gasteiger partial charge in [-0.1, -0.05) is 26.2 Å². The molecular formula is C14H25NO3. The number of hydrogen-bond donors (Lipinski definition) is 1. The van der Waals surface area contributed by atoms with Crippen LogP contribution in [0.25, 0.3) is 0 Å². The molecule has 1 aliphatic carbocycles. The van der Waals surface area contributed by atoms with Gasteiger partial charge in [0.25, 0.3) is 0 Å². The van der Waals surface area contributed by atoms with Crippen molar-refractivity contribution in [2.24, 2.45) is 5.92 Å². The van der Waals surface area contributed by atoms with E-state index in [9.17, 15) is 9.90 Å². The van der Waals surface area contributed by atoms with Crippen molar-refractivity contribution in [2.45, 2.75) is 51.0 Å². The highest BCUT2D eigenvalue weighted by molar-refractivity contribution is 5.68. The van der Waals surface area contributed by atoms with Gasteiger partial charge in [0.05, 0.1) is 19.6 Å². The highest BCUT2D eigenvalue weighted by Gasteiger charge is 2.42. The number of ether oxygens (including phenoxy) is 1. The number of rotatable bonds is 4. The van der Waals surface area contributed by atoms with Gasteiger partial charge in [0, 0.05) is 18.6 Å². The van der Waals surface area contributed by atoms with Gasteiger partial charge in [-0.15, -0.1) is 0 Å². The number of aliphatic carboxylic acids is 1. The summed E-state index contributed by atoms with van der Waals surface area (Å²) in [6.45, 7) is 5.50. The molecule has 0 amide bonds. The molecule has 1 aliphatic heterocycles. The monoisotopic (exact) mass is 255 g/mol. The van der Waals surface area contributed by atoms with E-state index >= 15 is 0 Å². The van der Waals surface area contributed by atoms with Crippen LogP contribution in [0.3, 0.4) is 0 Å². The minimum absolute atomic E-state index is 0.103. The first-order valence-corrected chi connectivity index (χ1v) is 7.21. The third kappa shape index (κ3) is 3.04. The summed E-state index contributed by atoms with van der Waals surface area (Å²) in [5, 5.41) is 9.26. The average molecular weight is 255 g/mol. The molecule has 1 heterocycles. The van der Waals surface area contributed by atoms with Crippen LogP contribution in [0.4, 0.5) is 0 Å². The fraction of sp³-hybridized carbons (Fsp3) is 0.929. The molecule has 0 spiro atoms. The van der Waals surface area contributed by atoms with Crippen molar-refractivity contribution in [3.05, 3.63) is 0 Å². The van der Waals surface area contributed by atoms with Crippen molar-refractivity contribution in [3.63, 3.8) is 0 Å². The largest absolute Gasteiger partial charge is 0.481 e. The quantitative estimate of drug-likeness (QED) is 0.836. The van der Waals surface area contributed by atoms with E-state index in [1.54, 1.807) is 0 Å². The first-order valence-electron chi connectivity index (χ1n) is 7.21. The number of hydrogen-bond acceptors (Lipinski definition) is 3. The molecule has 1 saturated heterocycles. The van der Waals surface area contributed by atoms with Crippen LogP contribution in [-0.4, -0.2) is 47.8 Å². The van der Waals surface area contributed by atoms with E-state index in [0.717, 1.165) is 39.1 Å². The summed E-state index contributed by atoms with van der Waals surface area (Å²) in [5.74, 6) is 0.0409. The molecule has 2 aliphatic rings. The van der Waals surface area contributed by atoms with Crippen molar-refractivity contribution in [1.82, 2.24) is 4.90 Å². The van der Waals surface area contributed by atoms with Gasteiger partial charge in [0.15, 0.2) is 0 Å². The maximum absolute atomic E-state index is 11.3. The van der Waals surface area contributed by atoms with E-state index in [1.807, 2.05) is 0 Å². The molecule has 18 heavy (non-hydrogen) atoms. The van der Waals surface area contributed by atoms with Crippen LogP contribution in [0.1, 0.15) is 45.4 Å². The first-order chi connectivity index (χ1) is 8.66. The third-order valence-electron chi connectivity index (χ3n) is 4.66. The number of carboxylic acids is 1. The Bertz CT molecular complexity index is 289. The Balaban J connectivity index is 2.12. The standard InChI is InChI=1S/C14H25NO3/c1-2-12-4-3-5-14(10-12,11-13(16)17)15-6-8-18-9-7-15/h12H,2-11H2,1H3,(H,16,17). The van der Waals surface area contributed by atoms with Gasteiger partial charge in [0.1, 0.15) is 0 Å². The lowest BCUT2D eigenvalue weighted by atomic mass is 9.72. The fourth-order valence-corrected chi connectivity index (χ4v) is 3.69. The Morgan fingerprint density at radius 3 is 2.78 bits per heavy atom. The molecule has 2 unspecified atom stereocenters. The van der Waals surface area contributed by atoms with Crippen LogP contribution in [0.2, 0.25) is 0 Å². The van der Waals surface area contributed by atoms with Crippen molar-refractivity contribution in [2.75, 3.05) is 26.3 Å². The second-order valence-corrected chi connectivity index (χ2v) is 5.76. The topological polar surface area (TPSA) is 49.8 Å². The normalized spacial score (nSPS) is 34.4. The van der Waals surface area contributed by atoms with Crippen LogP contribution in [0.15, 0.2) is 0 Å². The molecule has 0 aromatic heterocycles. The Hall–Kier alpha value is -0.610. The highest BCUT2D eigenvalue weighted by Crippen LogP contribution is 2.41. The SMILES string of the molecule is CCC1CCCC(CC(=O)O)(N2CCOCC2)C1. The molecular weight excluding hydrogens is 230 g/mol. The summed E-state index contributed by atoms with van der Waals surface area (Å²) in [7, 11) is 0. The predicted octanol–water partition coefficient (Wildman–Crippen LogP) is 2.13. The molecule has 2 rings (SSSR count). The zero-order chi connectivity index (χ0) is 13.0.